The Bertz CT molecular complexity index is 488. The van der Waals surface area contributed by atoms with E-state index in [1.807, 2.05) is 0 Å². The van der Waals surface area contributed by atoms with Gasteiger partial charge in [-0.3, -0.25) is 4.79 Å². The monoisotopic (exact) mass is 299 g/mol. The Hall–Kier alpha value is -1.85. The summed E-state index contributed by atoms with van der Waals surface area (Å²) in [5.41, 5.74) is 0.778. The number of amides is 1. The molecule has 0 radical (unpaired) electrons. The van der Waals surface area contributed by atoms with Crippen molar-refractivity contribution in [2.75, 3.05) is 7.11 Å². The van der Waals surface area contributed by atoms with Gasteiger partial charge in [0.25, 0.3) is 0 Å². The van der Waals surface area contributed by atoms with E-state index in [4.69, 9.17) is 4.74 Å². The summed E-state index contributed by atoms with van der Waals surface area (Å²) in [6.07, 6.45) is 4.09. The van der Waals surface area contributed by atoms with Gasteiger partial charge in [-0.2, -0.15) is 8.78 Å². The van der Waals surface area contributed by atoms with Crippen molar-refractivity contribution in [2.24, 2.45) is 5.92 Å². The molecule has 0 heterocycles. The maximum atomic E-state index is 12.2. The van der Waals surface area contributed by atoms with Crippen LogP contribution in [0, 0.1) is 5.92 Å². The number of nitrogens with one attached hydrogen (secondary N) is 1. The van der Waals surface area contributed by atoms with E-state index >= 15 is 0 Å². The molecule has 0 atom stereocenters. The Morgan fingerprint density at radius 1 is 1.33 bits per heavy atom. The molecule has 0 unspecified atom stereocenters. The zero-order valence-corrected chi connectivity index (χ0v) is 11.9. The number of ether oxygens (including phenoxy) is 2. The van der Waals surface area contributed by atoms with Crippen LogP contribution >= 0.6 is 0 Å². The van der Waals surface area contributed by atoms with E-state index in [1.54, 1.807) is 12.1 Å². The number of carbonyl (C=O) groups is 1. The molecule has 21 heavy (non-hydrogen) atoms. The lowest BCUT2D eigenvalue weighted by Crippen LogP contribution is -2.28. The fourth-order valence-electron chi connectivity index (χ4n) is 2.54. The van der Waals surface area contributed by atoms with Crippen molar-refractivity contribution in [3.05, 3.63) is 23.8 Å². The first-order valence-electron chi connectivity index (χ1n) is 6.99. The summed E-state index contributed by atoms with van der Waals surface area (Å²) >= 11 is 0. The minimum Gasteiger partial charge on any atom is -0.493 e. The van der Waals surface area contributed by atoms with Crippen LogP contribution in [0.2, 0.25) is 0 Å². The van der Waals surface area contributed by atoms with E-state index in [1.165, 1.54) is 13.2 Å². The number of alkyl halides is 2. The van der Waals surface area contributed by atoms with E-state index < -0.39 is 6.61 Å². The number of hydrogen-bond donors (Lipinski definition) is 1. The van der Waals surface area contributed by atoms with Crippen LogP contribution in [0.5, 0.6) is 11.5 Å². The van der Waals surface area contributed by atoms with Crippen LogP contribution in [0.3, 0.4) is 0 Å². The molecule has 0 spiro atoms. The highest BCUT2D eigenvalue weighted by molar-refractivity contribution is 5.78. The molecule has 0 saturated heterocycles. The van der Waals surface area contributed by atoms with E-state index in [2.05, 4.69) is 10.1 Å². The quantitative estimate of drug-likeness (QED) is 0.878. The molecule has 2 rings (SSSR count). The summed E-state index contributed by atoms with van der Waals surface area (Å²) in [7, 11) is 1.38. The maximum absolute atomic E-state index is 12.2. The average Bonchev–Trinajstić information content (AvgIpc) is 2.99. The SMILES string of the molecule is COc1cc(CNC(=O)C2CCCC2)ccc1OC(F)F. The summed E-state index contributed by atoms with van der Waals surface area (Å²) in [5, 5.41) is 2.87. The Morgan fingerprint density at radius 2 is 2.05 bits per heavy atom. The highest BCUT2D eigenvalue weighted by Gasteiger charge is 2.22. The van der Waals surface area contributed by atoms with Gasteiger partial charge in [0.15, 0.2) is 11.5 Å². The third-order valence-electron chi connectivity index (χ3n) is 3.64. The fraction of sp³-hybridized carbons (Fsp3) is 0.533. The van der Waals surface area contributed by atoms with Crippen molar-refractivity contribution >= 4 is 5.91 Å². The summed E-state index contributed by atoms with van der Waals surface area (Å²) in [6.45, 7) is -2.55. The number of halogens is 2. The second-order valence-electron chi connectivity index (χ2n) is 5.06. The minimum absolute atomic E-state index is 0.0154. The summed E-state index contributed by atoms with van der Waals surface area (Å²) in [6, 6.07) is 4.64. The molecule has 0 aromatic heterocycles. The summed E-state index contributed by atoms with van der Waals surface area (Å²) in [4.78, 5) is 11.9. The van der Waals surface area contributed by atoms with Crippen LogP contribution in [0.4, 0.5) is 8.78 Å². The first-order valence-corrected chi connectivity index (χ1v) is 6.99. The normalized spacial score (nSPS) is 15.2. The Balaban J connectivity index is 1.95. The molecule has 1 aromatic carbocycles. The molecule has 1 aliphatic carbocycles. The lowest BCUT2D eigenvalue weighted by atomic mass is 10.1. The van der Waals surface area contributed by atoms with Crippen LogP contribution in [0.25, 0.3) is 0 Å². The smallest absolute Gasteiger partial charge is 0.387 e. The van der Waals surface area contributed by atoms with Gasteiger partial charge in [0.1, 0.15) is 0 Å². The van der Waals surface area contributed by atoms with Gasteiger partial charge < -0.3 is 14.8 Å². The highest BCUT2D eigenvalue weighted by atomic mass is 19.3. The van der Waals surface area contributed by atoms with Gasteiger partial charge in [-0.05, 0) is 30.5 Å². The molecule has 0 aliphatic heterocycles. The number of rotatable bonds is 6. The second-order valence-corrected chi connectivity index (χ2v) is 5.06. The van der Waals surface area contributed by atoms with E-state index in [-0.39, 0.29) is 23.3 Å². The predicted octanol–water partition coefficient (Wildman–Crippen LogP) is 3.10. The van der Waals surface area contributed by atoms with Crippen molar-refractivity contribution in [2.45, 2.75) is 38.8 Å². The van der Waals surface area contributed by atoms with Gasteiger partial charge in [-0.1, -0.05) is 18.9 Å². The molecule has 1 saturated carbocycles. The third-order valence-corrected chi connectivity index (χ3v) is 3.64. The highest BCUT2D eigenvalue weighted by Crippen LogP contribution is 2.29. The fourth-order valence-corrected chi connectivity index (χ4v) is 2.54. The zero-order chi connectivity index (χ0) is 15.2. The van der Waals surface area contributed by atoms with Crippen LogP contribution in [0.1, 0.15) is 31.2 Å². The third kappa shape index (κ3) is 4.31. The van der Waals surface area contributed by atoms with Crippen molar-refractivity contribution in [1.82, 2.24) is 5.32 Å². The van der Waals surface area contributed by atoms with Crippen LogP contribution < -0.4 is 14.8 Å². The Morgan fingerprint density at radius 3 is 2.67 bits per heavy atom. The predicted molar refractivity (Wildman–Crippen MR) is 73.4 cm³/mol. The number of carbonyl (C=O) groups excluding carboxylic acids is 1. The van der Waals surface area contributed by atoms with Gasteiger partial charge in [0, 0.05) is 12.5 Å². The maximum Gasteiger partial charge on any atom is 0.387 e. The number of benzene rings is 1. The molecular weight excluding hydrogens is 280 g/mol. The molecule has 6 heteroatoms. The Labute approximate surface area is 122 Å². The molecule has 4 nitrogen and oxygen atoms in total. The van der Waals surface area contributed by atoms with E-state index in [9.17, 15) is 13.6 Å². The summed E-state index contributed by atoms with van der Waals surface area (Å²) in [5.74, 6) is 0.369. The molecular formula is C15H19F2NO3. The topological polar surface area (TPSA) is 47.6 Å². The molecule has 1 aliphatic rings. The van der Waals surface area contributed by atoms with Gasteiger partial charge in [0.05, 0.1) is 7.11 Å². The molecule has 0 bridgehead atoms. The van der Waals surface area contributed by atoms with Gasteiger partial charge in [0.2, 0.25) is 5.91 Å². The van der Waals surface area contributed by atoms with Gasteiger partial charge in [-0.15, -0.1) is 0 Å². The van der Waals surface area contributed by atoms with Crippen molar-refractivity contribution < 1.29 is 23.0 Å². The van der Waals surface area contributed by atoms with Crippen LogP contribution in [0.15, 0.2) is 18.2 Å². The molecule has 1 N–H and O–H groups in total. The number of hydrogen-bond acceptors (Lipinski definition) is 3. The minimum atomic E-state index is -2.90. The zero-order valence-electron chi connectivity index (χ0n) is 11.9. The second kappa shape index (κ2) is 7.24. The lowest BCUT2D eigenvalue weighted by molar-refractivity contribution is -0.124. The van der Waals surface area contributed by atoms with E-state index in [0.717, 1.165) is 31.2 Å². The largest absolute Gasteiger partial charge is 0.493 e. The first kappa shape index (κ1) is 15.5. The number of methoxy groups -OCH3 is 1. The van der Waals surface area contributed by atoms with Crippen molar-refractivity contribution in [3.8, 4) is 11.5 Å². The van der Waals surface area contributed by atoms with Gasteiger partial charge >= 0.3 is 6.61 Å². The van der Waals surface area contributed by atoms with Crippen LogP contribution in [-0.4, -0.2) is 19.6 Å². The summed E-state index contributed by atoms with van der Waals surface area (Å²) < 4.78 is 33.8. The molecule has 1 amide bonds. The van der Waals surface area contributed by atoms with Crippen molar-refractivity contribution in [3.63, 3.8) is 0 Å². The molecule has 1 aromatic rings. The van der Waals surface area contributed by atoms with Crippen LogP contribution in [-0.2, 0) is 11.3 Å². The molecule has 116 valence electrons. The molecule has 1 fully saturated rings. The van der Waals surface area contributed by atoms with Gasteiger partial charge in [-0.25, -0.2) is 0 Å². The lowest BCUT2D eigenvalue weighted by Gasteiger charge is -2.13. The van der Waals surface area contributed by atoms with Crippen molar-refractivity contribution in [1.29, 1.82) is 0 Å². The standard InChI is InChI=1S/C15H19F2NO3/c1-20-13-8-10(6-7-12(13)21-15(16)17)9-18-14(19)11-4-2-3-5-11/h6-8,11,15H,2-5,9H2,1H3,(H,18,19). The Kier molecular flexibility index (Phi) is 5.36. The average molecular weight is 299 g/mol. The first-order chi connectivity index (χ1) is 10.1. The van der Waals surface area contributed by atoms with E-state index in [0.29, 0.717) is 6.54 Å².